The molecule has 0 saturated heterocycles. The lowest BCUT2D eigenvalue weighted by molar-refractivity contribution is -0.167. The molecule has 0 aromatic rings. The summed E-state index contributed by atoms with van der Waals surface area (Å²) in [5, 5.41) is 18.6. The fourth-order valence-electron chi connectivity index (χ4n) is 9.88. The number of aliphatic hydroxyl groups excluding tert-OH is 1. The number of unbranched alkanes of at least 4 members (excludes halogenated alkanes) is 1. The molecule has 252 valence electrons. The Labute approximate surface area is 269 Å². The molecule has 43 heavy (non-hydrogen) atoms. The summed E-state index contributed by atoms with van der Waals surface area (Å²) in [5.74, 6) is 0.569. The van der Waals surface area contributed by atoms with Crippen LogP contribution in [0.1, 0.15) is 123 Å². The Hall–Kier alpha value is -0.290. The van der Waals surface area contributed by atoms with Gasteiger partial charge < -0.3 is 21.5 Å². The Balaban J connectivity index is 1.45. The van der Waals surface area contributed by atoms with Gasteiger partial charge in [0.25, 0.3) is 0 Å². The summed E-state index contributed by atoms with van der Waals surface area (Å²) in [5.41, 5.74) is 5.01. The first kappa shape index (κ1) is 30.1. The van der Waals surface area contributed by atoms with Gasteiger partial charge in [0.1, 0.15) is 0 Å². The number of fused-ring (bicyclic) bond motifs is 5. The zero-order chi connectivity index (χ0) is 35.0. The SMILES string of the molecule is [2H]C1([2H])C[C@]2(C)C3CC[C@@]4(C)C(CC[C@@H]4[C@H](C)CC[C@@H](OS(=O)(=O)O)C(C)C)C3C(O)C[C@H]2C([2H])([2H])[C@H]1NCCCNCCCCN. The van der Waals surface area contributed by atoms with Gasteiger partial charge in [-0.25, -0.2) is 4.18 Å². The Kier molecular flexibility index (Phi) is 10.5. The van der Waals surface area contributed by atoms with Gasteiger partial charge in [-0.2, -0.15) is 8.42 Å². The van der Waals surface area contributed by atoms with Gasteiger partial charge in [0.2, 0.25) is 0 Å². The van der Waals surface area contributed by atoms with Crippen molar-refractivity contribution in [1.29, 1.82) is 0 Å². The van der Waals surface area contributed by atoms with Crippen LogP contribution in [0.3, 0.4) is 0 Å². The molecule has 6 N–H and O–H groups in total. The van der Waals surface area contributed by atoms with E-state index in [0.29, 0.717) is 44.2 Å². The normalized spacial score (nSPS) is 43.0. The van der Waals surface area contributed by atoms with Gasteiger partial charge in [0, 0.05) is 11.5 Å². The first-order valence-corrected chi connectivity index (χ1v) is 18.6. The Bertz CT molecular complexity index is 1150. The van der Waals surface area contributed by atoms with Crippen LogP contribution in [-0.4, -0.2) is 62.5 Å². The molecule has 0 aromatic heterocycles. The van der Waals surface area contributed by atoms with Gasteiger partial charge in [-0.05, 0) is 162 Å². The maximum absolute atomic E-state index is 11.9. The van der Waals surface area contributed by atoms with Crippen molar-refractivity contribution in [2.45, 2.75) is 136 Å². The third-order valence-corrected chi connectivity index (χ3v) is 12.8. The lowest BCUT2D eigenvalue weighted by Crippen LogP contribution is -2.59. The number of aliphatic hydroxyl groups is 1. The van der Waals surface area contributed by atoms with Gasteiger partial charge in [0.05, 0.1) is 12.2 Å². The number of nitrogens with two attached hydrogens (primary N) is 1. The van der Waals surface area contributed by atoms with Crippen LogP contribution < -0.4 is 16.4 Å². The van der Waals surface area contributed by atoms with Crippen molar-refractivity contribution in [3.8, 4) is 0 Å². The summed E-state index contributed by atoms with van der Waals surface area (Å²) in [6.45, 7) is 13.4. The largest absolute Gasteiger partial charge is 0.397 e. The van der Waals surface area contributed by atoms with Crippen LogP contribution in [0.5, 0.6) is 0 Å². The minimum absolute atomic E-state index is 0.00283. The number of hydrogen-bond donors (Lipinski definition) is 5. The first-order chi connectivity index (χ1) is 21.8. The Morgan fingerprint density at radius 2 is 1.72 bits per heavy atom. The molecule has 9 heteroatoms. The highest BCUT2D eigenvalue weighted by Gasteiger charge is 2.62. The lowest BCUT2D eigenvalue weighted by atomic mass is 9.43. The minimum atomic E-state index is -4.52. The second-order valence-electron chi connectivity index (χ2n) is 15.3. The molecule has 0 spiro atoms. The third kappa shape index (κ3) is 8.36. The summed E-state index contributed by atoms with van der Waals surface area (Å²) in [7, 11) is -4.52. The summed E-state index contributed by atoms with van der Waals surface area (Å²) < 4.78 is 74.3. The Morgan fingerprint density at radius 1 is 1.00 bits per heavy atom. The smallest absolute Gasteiger partial charge is 0.393 e. The van der Waals surface area contributed by atoms with E-state index < -0.39 is 52.7 Å². The average molecular weight is 632 g/mol. The van der Waals surface area contributed by atoms with Crippen LogP contribution in [0, 0.1) is 52.3 Å². The predicted molar refractivity (Wildman–Crippen MR) is 174 cm³/mol. The van der Waals surface area contributed by atoms with Crippen LogP contribution in [0.2, 0.25) is 0 Å². The fourth-order valence-corrected chi connectivity index (χ4v) is 10.5. The summed E-state index contributed by atoms with van der Waals surface area (Å²) in [6, 6.07) is -0.931. The lowest BCUT2D eigenvalue weighted by Gasteiger charge is -2.62. The predicted octanol–water partition coefficient (Wildman–Crippen LogP) is 5.55. The summed E-state index contributed by atoms with van der Waals surface area (Å²) in [4.78, 5) is 0. The van der Waals surface area contributed by atoms with E-state index >= 15 is 0 Å². The van der Waals surface area contributed by atoms with Crippen molar-refractivity contribution < 1.29 is 27.7 Å². The molecule has 0 radical (unpaired) electrons. The zero-order valence-electron chi connectivity index (χ0n) is 31.5. The first-order valence-electron chi connectivity index (χ1n) is 19.3. The molecular formula is C34H65N3O5S. The Morgan fingerprint density at radius 3 is 2.42 bits per heavy atom. The van der Waals surface area contributed by atoms with E-state index in [2.05, 4.69) is 31.4 Å². The molecule has 4 aliphatic rings. The third-order valence-electron chi connectivity index (χ3n) is 12.3. The molecule has 0 amide bonds. The summed E-state index contributed by atoms with van der Waals surface area (Å²) in [6.07, 6.45) is 3.86. The van der Waals surface area contributed by atoms with E-state index in [4.69, 9.17) is 9.92 Å². The fraction of sp³-hybridized carbons (Fsp3) is 1.00. The van der Waals surface area contributed by atoms with E-state index in [0.717, 1.165) is 64.5 Å². The van der Waals surface area contributed by atoms with Crippen molar-refractivity contribution in [3.63, 3.8) is 0 Å². The van der Waals surface area contributed by atoms with E-state index in [1.165, 1.54) is 0 Å². The van der Waals surface area contributed by atoms with E-state index in [9.17, 15) is 23.6 Å². The molecule has 11 atom stereocenters. The van der Waals surface area contributed by atoms with Gasteiger partial charge in [-0.3, -0.25) is 4.55 Å². The number of nitrogens with one attached hydrogen (secondary N) is 2. The highest BCUT2D eigenvalue weighted by atomic mass is 32.3. The molecule has 0 bridgehead atoms. The topological polar surface area (TPSA) is 134 Å². The second-order valence-corrected chi connectivity index (χ2v) is 16.3. The highest BCUT2D eigenvalue weighted by molar-refractivity contribution is 7.80. The number of rotatable bonds is 16. The molecule has 4 fully saturated rings. The van der Waals surface area contributed by atoms with Crippen molar-refractivity contribution in [2.24, 2.45) is 58.0 Å². The van der Waals surface area contributed by atoms with Crippen LogP contribution in [-0.2, 0) is 14.6 Å². The van der Waals surface area contributed by atoms with Crippen molar-refractivity contribution in [2.75, 3.05) is 26.2 Å². The van der Waals surface area contributed by atoms with Gasteiger partial charge in [0.15, 0.2) is 0 Å². The van der Waals surface area contributed by atoms with Gasteiger partial charge in [-0.1, -0.05) is 34.6 Å². The molecule has 4 rings (SSSR count). The molecule has 0 aliphatic heterocycles. The molecule has 4 aliphatic carbocycles. The molecule has 4 unspecified atom stereocenters. The second kappa shape index (κ2) is 15.1. The highest BCUT2D eigenvalue weighted by Crippen LogP contribution is 2.68. The maximum atomic E-state index is 11.9. The molecule has 4 saturated carbocycles. The van der Waals surface area contributed by atoms with E-state index in [-0.39, 0.29) is 29.1 Å². The van der Waals surface area contributed by atoms with E-state index in [1.807, 2.05) is 13.8 Å². The maximum Gasteiger partial charge on any atom is 0.397 e. The van der Waals surface area contributed by atoms with Crippen LogP contribution >= 0.6 is 0 Å². The molecule has 8 nitrogen and oxygen atoms in total. The average Bonchev–Trinajstić information content (AvgIpc) is 3.31. The minimum Gasteiger partial charge on any atom is -0.393 e. The van der Waals surface area contributed by atoms with E-state index in [1.54, 1.807) is 0 Å². The standard InChI is InChI=1S/C34H65N3O5S/c1-23(2)31(42-43(39,40)41)12-9-24(3)27-10-11-28-32-29(14-16-34(27,28)5)33(4)15-13-26(21-25(33)22-30(32)38)37-20-8-19-36-18-7-6-17-35/h23-32,36-38H,6-22,35H2,1-5H3,(H,39,40,41)/t24-,25-,26+,27-,28?,29?,30?,31-,32?,33+,34-/m1/s1/i13D2,21D2. The summed E-state index contributed by atoms with van der Waals surface area (Å²) >= 11 is 0. The van der Waals surface area contributed by atoms with Gasteiger partial charge >= 0.3 is 10.4 Å². The van der Waals surface area contributed by atoms with Crippen molar-refractivity contribution >= 4 is 10.4 Å². The molecular weight excluding hydrogens is 562 g/mol. The monoisotopic (exact) mass is 631 g/mol. The quantitative estimate of drug-likeness (QED) is 0.111. The number of hydrogen-bond acceptors (Lipinski definition) is 7. The zero-order valence-corrected chi connectivity index (χ0v) is 28.3. The van der Waals surface area contributed by atoms with Crippen LogP contribution in [0.15, 0.2) is 0 Å². The van der Waals surface area contributed by atoms with Crippen molar-refractivity contribution in [3.05, 3.63) is 0 Å². The molecule has 0 heterocycles. The van der Waals surface area contributed by atoms with Crippen molar-refractivity contribution in [1.82, 2.24) is 10.6 Å². The van der Waals surface area contributed by atoms with Crippen LogP contribution in [0.25, 0.3) is 0 Å². The van der Waals surface area contributed by atoms with Gasteiger partial charge in [-0.15, -0.1) is 0 Å². The molecule has 0 aromatic carbocycles. The van der Waals surface area contributed by atoms with Crippen LogP contribution in [0.4, 0.5) is 0 Å².